The number of nitrogens with one attached hydrogen (secondary N) is 2. The molecule has 96 valence electrons. The number of hydrogen-bond donors (Lipinski definition) is 5. The summed E-state index contributed by atoms with van der Waals surface area (Å²) < 4.78 is 0. The van der Waals surface area contributed by atoms with E-state index in [4.69, 9.17) is 15.9 Å². The number of aliphatic hydroxyl groups is 2. The standard InChI is InChI=1S/C9H15N5O3.Na.H/c10-9-12-7-6(8(17)13-9)11-4-14(7)1-5(2-15)3-16;;/h5,11,15-16H,1-4H2,(H3,10,12,13,17);;/q;+1;-1. The van der Waals surface area contributed by atoms with Crippen molar-refractivity contribution in [2.24, 2.45) is 5.92 Å². The van der Waals surface area contributed by atoms with Crippen LogP contribution in [-0.4, -0.2) is 46.6 Å². The zero-order valence-electron chi connectivity index (χ0n) is 11.2. The van der Waals surface area contributed by atoms with Gasteiger partial charge in [-0.05, 0) is 0 Å². The summed E-state index contributed by atoms with van der Waals surface area (Å²) in [5, 5.41) is 20.9. The van der Waals surface area contributed by atoms with E-state index in [9.17, 15) is 4.79 Å². The molecule has 1 aliphatic rings. The van der Waals surface area contributed by atoms with Gasteiger partial charge in [0.05, 0.1) is 6.67 Å². The second kappa shape index (κ2) is 6.39. The number of aromatic nitrogens is 2. The number of H-pyrrole nitrogens is 1. The van der Waals surface area contributed by atoms with Crippen LogP contribution in [-0.2, 0) is 0 Å². The number of hydrogen-bond acceptors (Lipinski definition) is 7. The molecule has 1 aromatic rings. The van der Waals surface area contributed by atoms with Crippen LogP contribution >= 0.6 is 0 Å². The van der Waals surface area contributed by atoms with Crippen molar-refractivity contribution >= 4 is 17.5 Å². The fraction of sp³-hybridized carbons (Fsp3) is 0.556. The summed E-state index contributed by atoms with van der Waals surface area (Å²) in [5.74, 6) is 0.232. The Hall–Kier alpha value is -0.800. The number of anilines is 3. The van der Waals surface area contributed by atoms with Crippen molar-refractivity contribution in [1.82, 2.24) is 9.97 Å². The third-order valence-electron chi connectivity index (χ3n) is 2.66. The Kier molecular flexibility index (Phi) is 5.42. The molecule has 0 aromatic carbocycles. The molecule has 0 spiro atoms. The van der Waals surface area contributed by atoms with Gasteiger partial charge >= 0.3 is 29.6 Å². The molecular formula is C9H16N5NaO3. The van der Waals surface area contributed by atoms with Crippen LogP contribution in [0.25, 0.3) is 0 Å². The zero-order valence-corrected chi connectivity index (χ0v) is 12.2. The van der Waals surface area contributed by atoms with E-state index in [-0.39, 0.29) is 61.6 Å². The molecule has 2 heterocycles. The maximum absolute atomic E-state index is 11.5. The minimum atomic E-state index is -0.320. The Morgan fingerprint density at radius 1 is 1.50 bits per heavy atom. The quantitative estimate of drug-likeness (QED) is 0.346. The zero-order chi connectivity index (χ0) is 12.4. The smallest absolute Gasteiger partial charge is 1.00 e. The second-order valence-electron chi connectivity index (χ2n) is 3.94. The van der Waals surface area contributed by atoms with Gasteiger partial charge in [0.1, 0.15) is 5.69 Å². The molecule has 0 fully saturated rings. The van der Waals surface area contributed by atoms with E-state index in [0.29, 0.717) is 24.7 Å². The predicted octanol–water partition coefficient (Wildman–Crippen LogP) is -4.74. The third kappa shape index (κ3) is 2.96. The van der Waals surface area contributed by atoms with Crippen molar-refractivity contribution < 1.29 is 41.2 Å². The molecule has 2 rings (SSSR count). The Morgan fingerprint density at radius 3 is 2.78 bits per heavy atom. The first kappa shape index (κ1) is 15.3. The summed E-state index contributed by atoms with van der Waals surface area (Å²) in [5.41, 5.74) is 5.52. The number of aliphatic hydroxyl groups excluding tert-OH is 2. The van der Waals surface area contributed by atoms with Crippen LogP contribution < -0.4 is 51.1 Å². The summed E-state index contributed by atoms with van der Waals surface area (Å²) >= 11 is 0. The molecule has 8 nitrogen and oxygen atoms in total. The van der Waals surface area contributed by atoms with Crippen molar-refractivity contribution in [2.45, 2.75) is 0 Å². The third-order valence-corrected chi connectivity index (χ3v) is 2.66. The van der Waals surface area contributed by atoms with Crippen LogP contribution in [0.4, 0.5) is 17.5 Å². The Bertz CT molecular complexity index is 468. The van der Waals surface area contributed by atoms with E-state index >= 15 is 0 Å². The van der Waals surface area contributed by atoms with Gasteiger partial charge in [0.2, 0.25) is 5.95 Å². The molecule has 1 aliphatic heterocycles. The molecule has 6 N–H and O–H groups in total. The van der Waals surface area contributed by atoms with Gasteiger partial charge in [0.15, 0.2) is 5.82 Å². The van der Waals surface area contributed by atoms with Crippen LogP contribution in [0.15, 0.2) is 4.79 Å². The number of nitrogens with two attached hydrogens (primary N) is 1. The molecular weight excluding hydrogens is 249 g/mol. The predicted molar refractivity (Wildman–Crippen MR) is 63.9 cm³/mol. The fourth-order valence-electron chi connectivity index (χ4n) is 1.75. The normalized spacial score (nSPS) is 13.2. The number of fused-ring (bicyclic) bond motifs is 1. The molecule has 0 amide bonds. The molecule has 0 aliphatic carbocycles. The number of aromatic amines is 1. The van der Waals surface area contributed by atoms with Crippen LogP contribution in [0.3, 0.4) is 0 Å². The van der Waals surface area contributed by atoms with Gasteiger partial charge in [-0.3, -0.25) is 9.78 Å². The van der Waals surface area contributed by atoms with Crippen LogP contribution in [0.1, 0.15) is 1.43 Å². The first-order valence-electron chi connectivity index (χ1n) is 5.26. The van der Waals surface area contributed by atoms with Crippen molar-refractivity contribution in [3.63, 3.8) is 0 Å². The van der Waals surface area contributed by atoms with Crippen LogP contribution in [0.5, 0.6) is 0 Å². The summed E-state index contributed by atoms with van der Waals surface area (Å²) in [6.07, 6.45) is 0. The van der Waals surface area contributed by atoms with Crippen LogP contribution in [0, 0.1) is 5.92 Å². The molecule has 0 bridgehead atoms. The van der Waals surface area contributed by atoms with E-state index in [1.807, 2.05) is 0 Å². The molecule has 0 radical (unpaired) electrons. The van der Waals surface area contributed by atoms with E-state index in [1.54, 1.807) is 4.90 Å². The molecule has 0 saturated heterocycles. The van der Waals surface area contributed by atoms with Gasteiger partial charge in [-0.2, -0.15) is 4.98 Å². The SMILES string of the molecule is Nc1nc2c(c(=O)[nH]1)NCN2CC(CO)CO.[H-].[Na+]. The minimum absolute atomic E-state index is 0. The van der Waals surface area contributed by atoms with E-state index in [1.165, 1.54) is 0 Å². The fourth-order valence-corrected chi connectivity index (χ4v) is 1.75. The topological polar surface area (TPSA) is 128 Å². The van der Waals surface area contributed by atoms with E-state index in [2.05, 4.69) is 15.3 Å². The largest absolute Gasteiger partial charge is 1.00 e. The molecule has 1 aromatic heterocycles. The number of rotatable bonds is 4. The van der Waals surface area contributed by atoms with Crippen molar-refractivity contribution in [3.8, 4) is 0 Å². The number of nitrogens with zero attached hydrogens (tertiary/aromatic N) is 2. The Morgan fingerprint density at radius 2 is 2.17 bits per heavy atom. The van der Waals surface area contributed by atoms with E-state index in [0.717, 1.165) is 0 Å². The molecule has 0 saturated carbocycles. The molecule has 0 atom stereocenters. The van der Waals surface area contributed by atoms with Crippen LogP contribution in [0.2, 0.25) is 0 Å². The molecule has 0 unspecified atom stereocenters. The van der Waals surface area contributed by atoms with E-state index < -0.39 is 0 Å². The average Bonchev–Trinajstić information content (AvgIpc) is 2.69. The maximum atomic E-state index is 11.5. The second-order valence-corrected chi connectivity index (χ2v) is 3.94. The Balaban J connectivity index is 0.00000162. The van der Waals surface area contributed by atoms with Crippen molar-refractivity contribution in [1.29, 1.82) is 0 Å². The average molecular weight is 265 g/mol. The van der Waals surface area contributed by atoms with Crippen molar-refractivity contribution in [3.05, 3.63) is 10.4 Å². The van der Waals surface area contributed by atoms with Gasteiger partial charge in [-0.1, -0.05) is 0 Å². The summed E-state index contributed by atoms with van der Waals surface area (Å²) in [7, 11) is 0. The monoisotopic (exact) mass is 265 g/mol. The maximum Gasteiger partial charge on any atom is 1.00 e. The van der Waals surface area contributed by atoms with Gasteiger partial charge in [-0.25, -0.2) is 0 Å². The summed E-state index contributed by atoms with van der Waals surface area (Å²) in [6, 6.07) is 0. The molecule has 9 heteroatoms. The summed E-state index contributed by atoms with van der Waals surface area (Å²) in [6.45, 7) is 0.566. The van der Waals surface area contributed by atoms with Gasteiger partial charge in [0, 0.05) is 25.7 Å². The molecule has 18 heavy (non-hydrogen) atoms. The van der Waals surface area contributed by atoms with Gasteiger partial charge in [0.25, 0.3) is 5.56 Å². The minimum Gasteiger partial charge on any atom is -1.00 e. The number of nitrogen functional groups attached to an aromatic ring is 1. The van der Waals surface area contributed by atoms with Crippen molar-refractivity contribution in [2.75, 3.05) is 42.4 Å². The van der Waals surface area contributed by atoms with Gasteiger partial charge < -0.3 is 27.6 Å². The summed E-state index contributed by atoms with van der Waals surface area (Å²) in [4.78, 5) is 19.7. The first-order valence-corrected chi connectivity index (χ1v) is 5.26. The Labute approximate surface area is 127 Å². The van der Waals surface area contributed by atoms with Gasteiger partial charge in [-0.15, -0.1) is 0 Å². The first-order chi connectivity index (χ1) is 8.15.